The lowest BCUT2D eigenvalue weighted by atomic mass is 9.91. The molecule has 5 heteroatoms. The Kier molecular flexibility index (Phi) is 5.53. The molecule has 1 aliphatic carbocycles. The van der Waals surface area contributed by atoms with Gasteiger partial charge in [-0.05, 0) is 44.2 Å². The van der Waals surface area contributed by atoms with Crippen LogP contribution in [0.25, 0.3) is 0 Å². The van der Waals surface area contributed by atoms with E-state index in [1.165, 1.54) is 12.1 Å². The third-order valence-corrected chi connectivity index (χ3v) is 4.04. The smallest absolute Gasteiger partial charge is 0.200 e. The van der Waals surface area contributed by atoms with Gasteiger partial charge in [-0.1, -0.05) is 13.0 Å². The second-order valence-corrected chi connectivity index (χ2v) is 5.71. The van der Waals surface area contributed by atoms with Gasteiger partial charge in [0, 0.05) is 11.6 Å². The highest BCUT2D eigenvalue weighted by Crippen LogP contribution is 2.27. The molecule has 0 amide bonds. The van der Waals surface area contributed by atoms with Gasteiger partial charge in [0.1, 0.15) is 0 Å². The van der Waals surface area contributed by atoms with E-state index in [-0.39, 0.29) is 17.9 Å². The summed E-state index contributed by atoms with van der Waals surface area (Å²) in [6.45, 7) is 2.42. The number of aliphatic hydroxyl groups excluding tert-OH is 1. The normalized spacial score (nSPS) is 17.5. The lowest BCUT2D eigenvalue weighted by Crippen LogP contribution is -2.49. The molecule has 0 heterocycles. The number of ether oxygens (including phenoxy) is 1. The predicted molar refractivity (Wildman–Crippen MR) is 77.4 cm³/mol. The Morgan fingerprint density at radius 1 is 1.38 bits per heavy atom. The third kappa shape index (κ3) is 4.38. The fourth-order valence-corrected chi connectivity index (χ4v) is 2.44. The van der Waals surface area contributed by atoms with Gasteiger partial charge < -0.3 is 15.2 Å². The predicted octanol–water partition coefficient (Wildman–Crippen LogP) is 3.02. The van der Waals surface area contributed by atoms with E-state index in [1.807, 2.05) is 6.92 Å². The zero-order valence-electron chi connectivity index (χ0n) is 12.4. The van der Waals surface area contributed by atoms with Crippen molar-refractivity contribution in [1.82, 2.24) is 5.32 Å². The van der Waals surface area contributed by atoms with E-state index in [0.29, 0.717) is 19.1 Å². The lowest BCUT2D eigenvalue weighted by molar-refractivity contribution is 0.135. The molecule has 0 saturated heterocycles. The molecule has 1 unspecified atom stereocenters. The molecule has 1 aromatic carbocycles. The first-order valence-corrected chi connectivity index (χ1v) is 7.55. The van der Waals surface area contributed by atoms with Crippen LogP contribution in [0.1, 0.15) is 39.0 Å². The molecule has 1 aromatic rings. The summed E-state index contributed by atoms with van der Waals surface area (Å²) >= 11 is 0. The topological polar surface area (TPSA) is 41.5 Å². The molecule has 1 atom stereocenters. The fourth-order valence-electron chi connectivity index (χ4n) is 2.44. The van der Waals surface area contributed by atoms with Crippen LogP contribution in [0.15, 0.2) is 18.2 Å². The summed E-state index contributed by atoms with van der Waals surface area (Å²) in [6.07, 6.45) is 4.56. The Morgan fingerprint density at radius 3 is 2.76 bits per heavy atom. The van der Waals surface area contributed by atoms with Gasteiger partial charge in [0.05, 0.1) is 13.2 Å². The molecule has 0 bridgehead atoms. The Hall–Kier alpha value is -1.20. The van der Waals surface area contributed by atoms with Crippen LogP contribution in [-0.2, 0) is 0 Å². The van der Waals surface area contributed by atoms with Crippen LogP contribution in [0, 0.1) is 11.6 Å². The summed E-state index contributed by atoms with van der Waals surface area (Å²) in [5.74, 6) is -1.91. The number of hydrogen-bond donors (Lipinski definition) is 2. The average molecular weight is 299 g/mol. The molecule has 3 nitrogen and oxygen atoms in total. The van der Waals surface area contributed by atoms with E-state index < -0.39 is 11.6 Å². The van der Waals surface area contributed by atoms with Crippen LogP contribution in [0.3, 0.4) is 0 Å². The van der Waals surface area contributed by atoms with Crippen molar-refractivity contribution in [3.05, 3.63) is 29.8 Å². The van der Waals surface area contributed by atoms with E-state index in [2.05, 4.69) is 5.32 Å². The van der Waals surface area contributed by atoms with E-state index in [1.54, 1.807) is 0 Å². The van der Waals surface area contributed by atoms with Crippen LogP contribution in [0.2, 0.25) is 0 Å². The number of hydrogen-bond acceptors (Lipinski definition) is 3. The molecule has 2 rings (SSSR count). The highest BCUT2D eigenvalue weighted by atomic mass is 19.2. The first kappa shape index (κ1) is 16.2. The number of rotatable bonds is 9. The summed E-state index contributed by atoms with van der Waals surface area (Å²) in [6, 6.07) is 4.42. The third-order valence-electron chi connectivity index (χ3n) is 4.04. The minimum atomic E-state index is -0.947. The van der Waals surface area contributed by atoms with Gasteiger partial charge in [-0.2, -0.15) is 4.39 Å². The maximum Gasteiger partial charge on any atom is 0.200 e. The van der Waals surface area contributed by atoms with Crippen molar-refractivity contribution in [1.29, 1.82) is 0 Å². The van der Waals surface area contributed by atoms with Crippen molar-refractivity contribution in [2.75, 3.05) is 13.2 Å². The van der Waals surface area contributed by atoms with Crippen molar-refractivity contribution < 1.29 is 18.6 Å². The summed E-state index contributed by atoms with van der Waals surface area (Å²) < 4.78 is 31.8. The molecule has 2 N–H and O–H groups in total. The molecular weight excluding hydrogens is 276 g/mol. The molecule has 0 spiro atoms. The van der Waals surface area contributed by atoms with Gasteiger partial charge in [-0.15, -0.1) is 0 Å². The van der Waals surface area contributed by atoms with Crippen molar-refractivity contribution in [3.8, 4) is 5.75 Å². The largest absolute Gasteiger partial charge is 0.490 e. The Labute approximate surface area is 124 Å². The number of benzene rings is 1. The summed E-state index contributed by atoms with van der Waals surface area (Å²) in [4.78, 5) is 0. The molecule has 1 fully saturated rings. The van der Waals surface area contributed by atoms with Crippen molar-refractivity contribution in [2.24, 2.45) is 0 Å². The molecular formula is C16H23F2NO2. The monoisotopic (exact) mass is 299 g/mol. The van der Waals surface area contributed by atoms with Gasteiger partial charge in [0.25, 0.3) is 0 Å². The average Bonchev–Trinajstić information content (AvgIpc) is 3.30. The van der Waals surface area contributed by atoms with Gasteiger partial charge in [-0.25, -0.2) is 4.39 Å². The summed E-state index contributed by atoms with van der Waals surface area (Å²) in [5, 5.41) is 13.1. The van der Waals surface area contributed by atoms with Crippen LogP contribution < -0.4 is 10.1 Å². The maximum absolute atomic E-state index is 13.4. The SMILES string of the molecule is CCC(CO)(CCCOc1cccc(F)c1F)NC1CC1. The van der Waals surface area contributed by atoms with Crippen LogP contribution in [-0.4, -0.2) is 29.9 Å². The zero-order valence-corrected chi connectivity index (χ0v) is 12.4. The second kappa shape index (κ2) is 7.18. The van der Waals surface area contributed by atoms with Gasteiger partial charge in [0.2, 0.25) is 5.82 Å². The summed E-state index contributed by atoms with van der Waals surface area (Å²) in [5.41, 5.74) is -0.287. The van der Waals surface area contributed by atoms with Crippen molar-refractivity contribution >= 4 is 0 Å². The van der Waals surface area contributed by atoms with Gasteiger partial charge >= 0.3 is 0 Å². The summed E-state index contributed by atoms with van der Waals surface area (Å²) in [7, 11) is 0. The quantitative estimate of drug-likeness (QED) is 0.689. The molecule has 1 saturated carbocycles. The van der Waals surface area contributed by atoms with E-state index in [9.17, 15) is 13.9 Å². The Balaban J connectivity index is 1.80. The standard InChI is InChI=1S/C16H23F2NO2/c1-2-16(11-20,19-12-7-8-12)9-4-10-21-14-6-3-5-13(17)15(14)18/h3,5-6,12,19-20H,2,4,7-11H2,1H3. The van der Waals surface area contributed by atoms with Gasteiger partial charge in [-0.3, -0.25) is 0 Å². The molecule has 1 aliphatic rings. The highest BCUT2D eigenvalue weighted by Gasteiger charge is 2.33. The molecule has 0 aromatic heterocycles. The molecule has 0 aliphatic heterocycles. The van der Waals surface area contributed by atoms with E-state index >= 15 is 0 Å². The number of halogens is 2. The maximum atomic E-state index is 13.4. The van der Waals surface area contributed by atoms with Crippen LogP contribution in [0.5, 0.6) is 5.75 Å². The molecule has 118 valence electrons. The Bertz CT molecular complexity index is 460. The van der Waals surface area contributed by atoms with Crippen LogP contribution >= 0.6 is 0 Å². The van der Waals surface area contributed by atoms with Crippen molar-refractivity contribution in [2.45, 2.75) is 50.6 Å². The van der Waals surface area contributed by atoms with Crippen molar-refractivity contribution in [3.63, 3.8) is 0 Å². The van der Waals surface area contributed by atoms with E-state index in [0.717, 1.165) is 31.7 Å². The molecule has 0 radical (unpaired) electrons. The first-order valence-electron chi connectivity index (χ1n) is 7.55. The second-order valence-electron chi connectivity index (χ2n) is 5.71. The first-order chi connectivity index (χ1) is 10.1. The minimum absolute atomic E-state index is 0.0590. The highest BCUT2D eigenvalue weighted by molar-refractivity contribution is 5.24. The molecule has 21 heavy (non-hydrogen) atoms. The fraction of sp³-hybridized carbons (Fsp3) is 0.625. The Morgan fingerprint density at radius 2 is 2.14 bits per heavy atom. The minimum Gasteiger partial charge on any atom is -0.490 e. The van der Waals surface area contributed by atoms with Gasteiger partial charge in [0.15, 0.2) is 11.6 Å². The van der Waals surface area contributed by atoms with E-state index in [4.69, 9.17) is 4.74 Å². The zero-order chi connectivity index (χ0) is 15.3. The lowest BCUT2D eigenvalue weighted by Gasteiger charge is -2.32. The number of nitrogens with one attached hydrogen (secondary N) is 1. The van der Waals surface area contributed by atoms with Crippen LogP contribution in [0.4, 0.5) is 8.78 Å². The number of aliphatic hydroxyl groups is 1.